The van der Waals surface area contributed by atoms with Gasteiger partial charge in [0.1, 0.15) is 0 Å². The highest BCUT2D eigenvalue weighted by Crippen LogP contribution is 2.02. The Morgan fingerprint density at radius 2 is 1.82 bits per heavy atom. The Hall–Kier alpha value is 0.236. The molecular formula is C8H16MgO2. The smallest absolute Gasteiger partial charge is 0.308 e. The fourth-order valence-corrected chi connectivity index (χ4v) is 0.418. The highest BCUT2D eigenvalue weighted by atomic mass is 24.3. The minimum Gasteiger partial charge on any atom is -0.462 e. The van der Waals surface area contributed by atoms with Crippen LogP contribution in [0.2, 0.25) is 0 Å². The first-order valence-corrected chi connectivity index (χ1v) is 3.78. The van der Waals surface area contributed by atoms with Crippen molar-refractivity contribution in [2.75, 3.05) is 0 Å². The Morgan fingerprint density at radius 1 is 1.36 bits per heavy atom. The van der Waals surface area contributed by atoms with E-state index in [-0.39, 0.29) is 41.0 Å². The predicted molar refractivity (Wildman–Crippen MR) is 46.4 cm³/mol. The molecule has 0 amide bonds. The van der Waals surface area contributed by atoms with Crippen LogP contribution in [0.15, 0.2) is 0 Å². The van der Waals surface area contributed by atoms with E-state index in [2.05, 4.69) is 0 Å². The lowest BCUT2D eigenvalue weighted by Gasteiger charge is -2.11. The molecule has 0 aromatic heterocycles. The van der Waals surface area contributed by atoms with Gasteiger partial charge in [-0.15, -0.1) is 0 Å². The lowest BCUT2D eigenvalue weighted by molar-refractivity contribution is -0.152. The van der Waals surface area contributed by atoms with Gasteiger partial charge < -0.3 is 4.74 Å². The zero-order valence-electron chi connectivity index (χ0n) is 7.89. The molecule has 1 atom stereocenters. The van der Waals surface area contributed by atoms with E-state index in [1.165, 1.54) is 0 Å². The lowest BCUT2D eigenvalue weighted by Crippen LogP contribution is -2.18. The molecular weight excluding hydrogens is 152 g/mol. The molecule has 0 aliphatic rings. The van der Waals surface area contributed by atoms with Crippen molar-refractivity contribution in [3.63, 3.8) is 0 Å². The van der Waals surface area contributed by atoms with Crippen LogP contribution in [-0.4, -0.2) is 35.1 Å². The molecule has 0 saturated carbocycles. The van der Waals surface area contributed by atoms with Gasteiger partial charge in [-0.1, -0.05) is 20.8 Å². The number of esters is 1. The summed E-state index contributed by atoms with van der Waals surface area (Å²) in [7, 11) is 0. The molecule has 0 aliphatic carbocycles. The van der Waals surface area contributed by atoms with Gasteiger partial charge in [0.25, 0.3) is 0 Å². The SMILES string of the molecule is CCC(C)OC(=O)C(C)C.[Mg]. The van der Waals surface area contributed by atoms with Gasteiger partial charge in [-0.2, -0.15) is 0 Å². The first kappa shape index (κ1) is 13.8. The first-order valence-electron chi connectivity index (χ1n) is 3.78. The van der Waals surface area contributed by atoms with Gasteiger partial charge >= 0.3 is 5.97 Å². The van der Waals surface area contributed by atoms with E-state index in [0.717, 1.165) is 6.42 Å². The van der Waals surface area contributed by atoms with Crippen molar-refractivity contribution in [3.8, 4) is 0 Å². The molecule has 0 aromatic carbocycles. The summed E-state index contributed by atoms with van der Waals surface area (Å²) in [6.07, 6.45) is 0.952. The molecule has 0 N–H and O–H groups in total. The average Bonchev–Trinajstić information content (AvgIpc) is 1.87. The van der Waals surface area contributed by atoms with Gasteiger partial charge in [-0.05, 0) is 13.3 Å². The summed E-state index contributed by atoms with van der Waals surface area (Å²) in [6.45, 7) is 7.58. The minimum atomic E-state index is -0.102. The third kappa shape index (κ3) is 6.63. The van der Waals surface area contributed by atoms with E-state index in [1.54, 1.807) is 0 Å². The maximum Gasteiger partial charge on any atom is 0.308 e. The number of carbonyl (C=O) groups excluding carboxylic acids is 1. The number of carbonyl (C=O) groups is 1. The molecule has 0 aliphatic heterocycles. The third-order valence-electron chi connectivity index (χ3n) is 1.36. The van der Waals surface area contributed by atoms with Gasteiger partial charge in [-0.25, -0.2) is 0 Å². The molecule has 0 rings (SSSR count). The summed E-state index contributed by atoms with van der Waals surface area (Å²) in [5.41, 5.74) is 0. The van der Waals surface area contributed by atoms with Gasteiger partial charge in [0.05, 0.1) is 12.0 Å². The van der Waals surface area contributed by atoms with E-state index in [0.29, 0.717) is 0 Å². The van der Waals surface area contributed by atoms with E-state index in [9.17, 15) is 4.79 Å². The van der Waals surface area contributed by atoms with Crippen molar-refractivity contribution < 1.29 is 9.53 Å². The quantitative estimate of drug-likeness (QED) is 0.473. The normalized spacial score (nSPS) is 12.1. The second kappa shape index (κ2) is 6.92. The summed E-state index contributed by atoms with van der Waals surface area (Å²) < 4.78 is 5.02. The monoisotopic (exact) mass is 168 g/mol. The lowest BCUT2D eigenvalue weighted by atomic mass is 10.2. The molecule has 0 bridgehead atoms. The number of hydrogen-bond donors (Lipinski definition) is 0. The van der Waals surface area contributed by atoms with Crippen molar-refractivity contribution in [1.29, 1.82) is 0 Å². The molecule has 0 spiro atoms. The van der Waals surface area contributed by atoms with E-state index >= 15 is 0 Å². The molecule has 2 radical (unpaired) electrons. The van der Waals surface area contributed by atoms with Crippen molar-refractivity contribution in [2.45, 2.75) is 40.2 Å². The summed E-state index contributed by atoms with van der Waals surface area (Å²) in [6, 6.07) is 0. The molecule has 0 saturated heterocycles. The number of ether oxygens (including phenoxy) is 1. The fraction of sp³-hybridized carbons (Fsp3) is 0.875. The van der Waals surface area contributed by atoms with Crippen molar-refractivity contribution in [1.82, 2.24) is 0 Å². The largest absolute Gasteiger partial charge is 0.462 e. The summed E-state index contributed by atoms with van der Waals surface area (Å²) >= 11 is 0. The molecule has 0 heterocycles. The van der Waals surface area contributed by atoms with Crippen LogP contribution in [-0.2, 0) is 9.53 Å². The van der Waals surface area contributed by atoms with E-state index in [4.69, 9.17) is 4.74 Å². The molecule has 3 heteroatoms. The molecule has 0 fully saturated rings. The van der Waals surface area contributed by atoms with Gasteiger partial charge in [0.15, 0.2) is 0 Å². The topological polar surface area (TPSA) is 26.3 Å². The fourth-order valence-electron chi connectivity index (χ4n) is 0.418. The third-order valence-corrected chi connectivity index (χ3v) is 1.36. The second-order valence-corrected chi connectivity index (χ2v) is 2.81. The van der Waals surface area contributed by atoms with Crippen LogP contribution >= 0.6 is 0 Å². The molecule has 1 unspecified atom stereocenters. The zero-order valence-corrected chi connectivity index (χ0v) is 9.30. The number of rotatable bonds is 3. The zero-order chi connectivity index (χ0) is 8.15. The second-order valence-electron chi connectivity index (χ2n) is 2.81. The molecule has 11 heavy (non-hydrogen) atoms. The van der Waals surface area contributed by atoms with Crippen molar-refractivity contribution >= 4 is 29.0 Å². The molecule has 2 nitrogen and oxygen atoms in total. The Morgan fingerprint density at radius 3 is 2.09 bits per heavy atom. The van der Waals surface area contributed by atoms with Crippen LogP contribution in [0.4, 0.5) is 0 Å². The van der Waals surface area contributed by atoms with Crippen molar-refractivity contribution in [2.24, 2.45) is 5.92 Å². The Labute approximate surface area is 84.8 Å². The summed E-state index contributed by atoms with van der Waals surface area (Å²) in [4.78, 5) is 10.9. The summed E-state index contributed by atoms with van der Waals surface area (Å²) in [5, 5.41) is 0. The highest BCUT2D eigenvalue weighted by molar-refractivity contribution is 5.75. The van der Waals surface area contributed by atoms with Crippen LogP contribution < -0.4 is 0 Å². The number of hydrogen-bond acceptors (Lipinski definition) is 2. The Balaban J connectivity index is 0. The maximum absolute atomic E-state index is 10.9. The van der Waals surface area contributed by atoms with Crippen LogP contribution in [0.1, 0.15) is 34.1 Å². The Bertz CT molecular complexity index is 113. The molecule has 0 aromatic rings. The van der Waals surface area contributed by atoms with Crippen LogP contribution in [0.25, 0.3) is 0 Å². The van der Waals surface area contributed by atoms with E-state index in [1.807, 2.05) is 27.7 Å². The highest BCUT2D eigenvalue weighted by Gasteiger charge is 2.10. The molecule has 62 valence electrons. The summed E-state index contributed by atoms with van der Waals surface area (Å²) in [5.74, 6) is -0.108. The van der Waals surface area contributed by atoms with Gasteiger partial charge in [0, 0.05) is 23.1 Å². The van der Waals surface area contributed by atoms with Crippen LogP contribution in [0, 0.1) is 5.92 Å². The van der Waals surface area contributed by atoms with Crippen LogP contribution in [0.3, 0.4) is 0 Å². The van der Waals surface area contributed by atoms with E-state index < -0.39 is 0 Å². The first-order chi connectivity index (χ1) is 4.57. The Kier molecular flexibility index (Phi) is 8.68. The van der Waals surface area contributed by atoms with Gasteiger partial charge in [0.2, 0.25) is 0 Å². The van der Waals surface area contributed by atoms with Gasteiger partial charge in [-0.3, -0.25) is 4.79 Å². The van der Waals surface area contributed by atoms with Crippen LogP contribution in [0.5, 0.6) is 0 Å². The standard InChI is InChI=1S/C8H16O2.Mg/c1-5-7(4)10-8(9)6(2)3;/h6-7H,5H2,1-4H3;. The van der Waals surface area contributed by atoms with Crippen molar-refractivity contribution in [3.05, 3.63) is 0 Å². The maximum atomic E-state index is 10.9. The predicted octanol–water partition coefficient (Wildman–Crippen LogP) is 1.60. The minimum absolute atomic E-state index is 0. The average molecular weight is 169 g/mol.